The maximum atomic E-state index is 10.9. The van der Waals surface area contributed by atoms with Crippen molar-refractivity contribution in [2.24, 2.45) is 5.92 Å². The Morgan fingerprint density at radius 3 is 2.62 bits per heavy atom. The van der Waals surface area contributed by atoms with E-state index in [0.717, 1.165) is 16.3 Å². The highest BCUT2D eigenvalue weighted by atomic mass is 32.2. The molecule has 0 aliphatic rings. The minimum absolute atomic E-state index is 0.591. The molecule has 1 rings (SSSR count). The van der Waals surface area contributed by atoms with Crippen molar-refractivity contribution in [3.8, 4) is 0 Å². The van der Waals surface area contributed by atoms with Gasteiger partial charge in [0.05, 0.1) is 5.69 Å². The van der Waals surface area contributed by atoms with Gasteiger partial charge in [0.1, 0.15) is 0 Å². The van der Waals surface area contributed by atoms with Gasteiger partial charge in [-0.2, -0.15) is 0 Å². The lowest BCUT2D eigenvalue weighted by atomic mass is 10.3. The second-order valence-electron chi connectivity index (χ2n) is 4.01. The lowest BCUT2D eigenvalue weighted by Gasteiger charge is -2.17. The summed E-state index contributed by atoms with van der Waals surface area (Å²) in [5, 5.41) is 8.95. The van der Waals surface area contributed by atoms with Crippen LogP contribution < -0.4 is 4.90 Å². The average Bonchev–Trinajstić information content (AvgIpc) is 2.25. The summed E-state index contributed by atoms with van der Waals surface area (Å²) in [6, 6.07) is 7.58. The van der Waals surface area contributed by atoms with Crippen LogP contribution in [0.25, 0.3) is 0 Å². The first kappa shape index (κ1) is 12.9. The van der Waals surface area contributed by atoms with Gasteiger partial charge in [0, 0.05) is 17.7 Å². The molecule has 0 bridgehead atoms. The first-order chi connectivity index (χ1) is 7.52. The molecule has 4 heteroatoms. The SMILES string of the molecule is CC(C)CSc1ccccc1N(C)C(=O)O. The normalized spacial score (nSPS) is 10.5. The molecule has 1 amide bonds. The summed E-state index contributed by atoms with van der Waals surface area (Å²) in [7, 11) is 1.57. The summed E-state index contributed by atoms with van der Waals surface area (Å²) >= 11 is 1.70. The number of amides is 1. The first-order valence-electron chi connectivity index (χ1n) is 5.21. The Bertz CT molecular complexity index is 366. The Kier molecular flexibility index (Phi) is 4.68. The monoisotopic (exact) mass is 239 g/mol. The Balaban J connectivity index is 2.87. The fourth-order valence-corrected chi connectivity index (χ4v) is 2.26. The van der Waals surface area contributed by atoms with Gasteiger partial charge in [-0.15, -0.1) is 11.8 Å². The van der Waals surface area contributed by atoms with E-state index in [4.69, 9.17) is 5.11 Å². The Morgan fingerprint density at radius 1 is 1.44 bits per heavy atom. The van der Waals surface area contributed by atoms with Crippen molar-refractivity contribution in [2.75, 3.05) is 17.7 Å². The molecule has 1 N–H and O–H groups in total. The van der Waals surface area contributed by atoms with E-state index in [-0.39, 0.29) is 0 Å². The van der Waals surface area contributed by atoms with E-state index in [2.05, 4.69) is 13.8 Å². The lowest BCUT2D eigenvalue weighted by molar-refractivity contribution is 0.203. The first-order valence-corrected chi connectivity index (χ1v) is 6.19. The number of carboxylic acid groups (broad SMARTS) is 1. The second-order valence-corrected chi connectivity index (χ2v) is 5.08. The van der Waals surface area contributed by atoms with Crippen LogP contribution in [0.15, 0.2) is 29.2 Å². The standard InChI is InChI=1S/C12H17NO2S/c1-9(2)8-16-11-7-5-4-6-10(11)13(3)12(14)15/h4-7,9H,8H2,1-3H3,(H,14,15). The average molecular weight is 239 g/mol. The molecule has 88 valence electrons. The number of thioether (sulfide) groups is 1. The third kappa shape index (κ3) is 3.45. The molecule has 0 radical (unpaired) electrons. The largest absolute Gasteiger partial charge is 0.465 e. The van der Waals surface area contributed by atoms with Gasteiger partial charge in [0.2, 0.25) is 0 Å². The zero-order chi connectivity index (χ0) is 12.1. The van der Waals surface area contributed by atoms with Gasteiger partial charge in [0.25, 0.3) is 0 Å². The molecular formula is C12H17NO2S. The number of carbonyl (C=O) groups is 1. The fourth-order valence-electron chi connectivity index (χ4n) is 1.22. The maximum absolute atomic E-state index is 10.9. The molecule has 0 aliphatic carbocycles. The van der Waals surface area contributed by atoms with Gasteiger partial charge in [-0.3, -0.25) is 4.90 Å². The van der Waals surface area contributed by atoms with Crippen molar-refractivity contribution in [3.63, 3.8) is 0 Å². The molecule has 0 fully saturated rings. The van der Waals surface area contributed by atoms with E-state index in [0.29, 0.717) is 5.92 Å². The quantitative estimate of drug-likeness (QED) is 0.817. The highest BCUT2D eigenvalue weighted by Crippen LogP contribution is 2.30. The van der Waals surface area contributed by atoms with Gasteiger partial charge in [-0.05, 0) is 18.1 Å². The van der Waals surface area contributed by atoms with E-state index in [9.17, 15) is 4.79 Å². The smallest absolute Gasteiger partial charge is 0.411 e. The molecule has 0 atom stereocenters. The van der Waals surface area contributed by atoms with Crippen LogP contribution >= 0.6 is 11.8 Å². The molecule has 0 spiro atoms. The van der Waals surface area contributed by atoms with Crippen molar-refractivity contribution >= 4 is 23.5 Å². The molecule has 0 aliphatic heterocycles. The molecule has 0 aromatic heterocycles. The zero-order valence-corrected chi connectivity index (χ0v) is 10.6. The molecule has 1 aromatic carbocycles. The number of benzene rings is 1. The third-order valence-electron chi connectivity index (χ3n) is 2.09. The Hall–Kier alpha value is -1.16. The Morgan fingerprint density at radius 2 is 2.06 bits per heavy atom. The molecule has 3 nitrogen and oxygen atoms in total. The minimum atomic E-state index is -0.933. The second kappa shape index (κ2) is 5.80. The molecule has 1 aromatic rings. The number of hydrogen-bond acceptors (Lipinski definition) is 2. The van der Waals surface area contributed by atoms with Gasteiger partial charge in [-0.1, -0.05) is 26.0 Å². The highest BCUT2D eigenvalue weighted by Gasteiger charge is 2.12. The van der Waals surface area contributed by atoms with Crippen LogP contribution in [0.1, 0.15) is 13.8 Å². The van der Waals surface area contributed by atoms with Crippen LogP contribution in [0.5, 0.6) is 0 Å². The Labute approximate surface area is 100 Å². The molecular weight excluding hydrogens is 222 g/mol. The summed E-state index contributed by atoms with van der Waals surface area (Å²) < 4.78 is 0. The van der Waals surface area contributed by atoms with E-state index < -0.39 is 6.09 Å². The van der Waals surface area contributed by atoms with E-state index in [1.165, 1.54) is 4.90 Å². The van der Waals surface area contributed by atoms with Crippen molar-refractivity contribution < 1.29 is 9.90 Å². The van der Waals surface area contributed by atoms with E-state index in [1.807, 2.05) is 24.3 Å². The third-order valence-corrected chi connectivity index (χ3v) is 3.58. The molecule has 16 heavy (non-hydrogen) atoms. The maximum Gasteiger partial charge on any atom is 0.411 e. The van der Waals surface area contributed by atoms with Crippen LogP contribution in [0.2, 0.25) is 0 Å². The molecule has 0 unspecified atom stereocenters. The fraction of sp³-hybridized carbons (Fsp3) is 0.417. The van der Waals surface area contributed by atoms with Crippen molar-refractivity contribution in [1.29, 1.82) is 0 Å². The van der Waals surface area contributed by atoms with Gasteiger partial charge in [0.15, 0.2) is 0 Å². The molecule has 0 heterocycles. The zero-order valence-electron chi connectivity index (χ0n) is 9.80. The van der Waals surface area contributed by atoms with Crippen LogP contribution in [-0.4, -0.2) is 24.0 Å². The number of nitrogens with zero attached hydrogens (tertiary/aromatic N) is 1. The van der Waals surface area contributed by atoms with Crippen LogP contribution in [-0.2, 0) is 0 Å². The molecule has 0 saturated carbocycles. The predicted molar refractivity (Wildman–Crippen MR) is 68.4 cm³/mol. The topological polar surface area (TPSA) is 40.5 Å². The van der Waals surface area contributed by atoms with Gasteiger partial charge in [-0.25, -0.2) is 4.79 Å². The van der Waals surface area contributed by atoms with Crippen LogP contribution in [0, 0.1) is 5.92 Å². The number of para-hydroxylation sites is 1. The summed E-state index contributed by atoms with van der Waals surface area (Å²) in [4.78, 5) is 13.2. The van der Waals surface area contributed by atoms with Gasteiger partial charge >= 0.3 is 6.09 Å². The van der Waals surface area contributed by atoms with Gasteiger partial charge < -0.3 is 5.11 Å². The van der Waals surface area contributed by atoms with Crippen molar-refractivity contribution in [3.05, 3.63) is 24.3 Å². The number of anilines is 1. The minimum Gasteiger partial charge on any atom is -0.465 e. The molecule has 0 saturated heterocycles. The summed E-state index contributed by atoms with van der Waals surface area (Å²) in [5.41, 5.74) is 0.751. The van der Waals surface area contributed by atoms with E-state index in [1.54, 1.807) is 18.8 Å². The van der Waals surface area contributed by atoms with E-state index >= 15 is 0 Å². The lowest BCUT2D eigenvalue weighted by Crippen LogP contribution is -2.24. The summed E-state index contributed by atoms with van der Waals surface area (Å²) in [6.45, 7) is 4.30. The highest BCUT2D eigenvalue weighted by molar-refractivity contribution is 7.99. The predicted octanol–water partition coefficient (Wildman–Crippen LogP) is 3.55. The number of hydrogen-bond donors (Lipinski definition) is 1. The van der Waals surface area contributed by atoms with Crippen molar-refractivity contribution in [2.45, 2.75) is 18.7 Å². The summed E-state index contributed by atoms with van der Waals surface area (Å²) in [6.07, 6.45) is -0.933. The number of rotatable bonds is 4. The summed E-state index contributed by atoms with van der Waals surface area (Å²) in [5.74, 6) is 1.58. The van der Waals surface area contributed by atoms with Crippen LogP contribution in [0.4, 0.5) is 10.5 Å². The van der Waals surface area contributed by atoms with Crippen molar-refractivity contribution in [1.82, 2.24) is 0 Å². The van der Waals surface area contributed by atoms with Crippen LogP contribution in [0.3, 0.4) is 0 Å².